The van der Waals surface area contributed by atoms with Crippen LogP contribution in [0, 0.1) is 18.6 Å². The third-order valence-electron chi connectivity index (χ3n) is 5.93. The van der Waals surface area contributed by atoms with Crippen molar-refractivity contribution in [3.8, 4) is 0 Å². The molecule has 5 nitrogen and oxygen atoms in total. The van der Waals surface area contributed by atoms with Gasteiger partial charge in [0.1, 0.15) is 16.5 Å². The lowest BCUT2D eigenvalue weighted by Gasteiger charge is -2.29. The van der Waals surface area contributed by atoms with Crippen molar-refractivity contribution in [2.24, 2.45) is 0 Å². The maximum absolute atomic E-state index is 14.9. The molecule has 4 rings (SSSR count). The molecule has 0 amide bonds. The maximum Gasteiger partial charge on any atom is 0.187 e. The van der Waals surface area contributed by atoms with Crippen molar-refractivity contribution in [2.45, 2.75) is 36.6 Å². The molecular weight excluding hydrogens is 452 g/mol. The fraction of sp³-hybridized carbons (Fsp3) is 0.348. The molecule has 0 saturated carbocycles. The van der Waals surface area contributed by atoms with Gasteiger partial charge in [-0.15, -0.1) is 11.3 Å². The van der Waals surface area contributed by atoms with Gasteiger partial charge in [-0.2, -0.15) is 0 Å². The van der Waals surface area contributed by atoms with E-state index in [0.717, 1.165) is 19.5 Å². The number of sulfone groups is 1. The Kier molecular flexibility index (Phi) is 6.60. The van der Waals surface area contributed by atoms with E-state index in [0.29, 0.717) is 29.1 Å². The number of benzene rings is 2. The number of aromatic nitrogens is 1. The molecule has 0 bridgehead atoms. The highest BCUT2D eigenvalue weighted by Gasteiger charge is 2.29. The summed E-state index contributed by atoms with van der Waals surface area (Å²) in [6.07, 6.45) is 0.857. The van der Waals surface area contributed by atoms with Crippen LogP contribution in [0.1, 0.15) is 23.2 Å². The first-order chi connectivity index (χ1) is 15.2. The first-order valence-electron chi connectivity index (χ1n) is 10.3. The number of anilines is 1. The Morgan fingerprint density at radius 3 is 2.72 bits per heavy atom. The molecular formula is C23H25F2N3O2S2. The van der Waals surface area contributed by atoms with Gasteiger partial charge in [0, 0.05) is 49.4 Å². The van der Waals surface area contributed by atoms with Gasteiger partial charge in [-0.1, -0.05) is 18.2 Å². The molecule has 0 N–H and O–H groups in total. The summed E-state index contributed by atoms with van der Waals surface area (Å²) >= 11 is 1.30. The summed E-state index contributed by atoms with van der Waals surface area (Å²) in [7, 11) is -1.95. The van der Waals surface area contributed by atoms with E-state index < -0.39 is 15.7 Å². The lowest BCUT2D eigenvalue weighted by molar-refractivity contribution is 0.320. The lowest BCUT2D eigenvalue weighted by atomic mass is 10.1. The average Bonchev–Trinajstić information content (AvgIpc) is 3.42. The minimum Gasteiger partial charge on any atom is -0.370 e. The van der Waals surface area contributed by atoms with E-state index >= 15 is 0 Å². The highest BCUT2D eigenvalue weighted by Crippen LogP contribution is 2.31. The SMILES string of the molecule is Cc1cc(S(=O)(=O)Cc2cscn2)c(F)cc1N(C)[C@H]1CCN(Cc2ccccc2F)C1. The van der Waals surface area contributed by atoms with Crippen LogP contribution in [0.2, 0.25) is 0 Å². The van der Waals surface area contributed by atoms with Gasteiger partial charge in [0.2, 0.25) is 0 Å². The van der Waals surface area contributed by atoms with E-state index in [1.54, 1.807) is 29.9 Å². The van der Waals surface area contributed by atoms with E-state index in [1.807, 2.05) is 18.0 Å². The van der Waals surface area contributed by atoms with Gasteiger partial charge in [-0.3, -0.25) is 4.90 Å². The quantitative estimate of drug-likeness (QED) is 0.505. The number of hydrogen-bond acceptors (Lipinski definition) is 6. The van der Waals surface area contributed by atoms with Crippen molar-refractivity contribution in [1.82, 2.24) is 9.88 Å². The van der Waals surface area contributed by atoms with Crippen molar-refractivity contribution in [1.29, 1.82) is 0 Å². The van der Waals surface area contributed by atoms with Crippen LogP contribution in [0.25, 0.3) is 0 Å². The standard InChI is InChI=1S/C23H25F2N3O2S2/c1-16-9-23(32(29,30)14-18-13-31-15-26-18)21(25)10-22(16)27(2)19-7-8-28(12-19)11-17-5-3-4-6-20(17)24/h3-6,9-10,13,15,19H,7-8,11-12,14H2,1-2H3/t19-/m0/s1. The second-order valence-electron chi connectivity index (χ2n) is 8.19. The molecule has 0 spiro atoms. The molecule has 1 aromatic heterocycles. The second kappa shape index (κ2) is 9.25. The molecule has 2 heterocycles. The second-order valence-corrected chi connectivity index (χ2v) is 10.9. The van der Waals surface area contributed by atoms with Gasteiger partial charge in [0.25, 0.3) is 0 Å². The number of halogens is 2. The van der Waals surface area contributed by atoms with E-state index in [2.05, 4.69) is 9.88 Å². The summed E-state index contributed by atoms with van der Waals surface area (Å²) in [6, 6.07) is 9.60. The van der Waals surface area contributed by atoms with Crippen molar-refractivity contribution in [3.63, 3.8) is 0 Å². The van der Waals surface area contributed by atoms with Gasteiger partial charge < -0.3 is 4.90 Å². The topological polar surface area (TPSA) is 53.5 Å². The van der Waals surface area contributed by atoms with E-state index in [9.17, 15) is 17.2 Å². The smallest absolute Gasteiger partial charge is 0.187 e. The molecule has 1 atom stereocenters. The van der Waals surface area contributed by atoms with Crippen LogP contribution in [-0.2, 0) is 22.1 Å². The van der Waals surface area contributed by atoms with Gasteiger partial charge >= 0.3 is 0 Å². The molecule has 170 valence electrons. The Bertz CT molecular complexity index is 1200. The Labute approximate surface area is 191 Å². The van der Waals surface area contributed by atoms with Crippen LogP contribution in [0.15, 0.2) is 52.2 Å². The molecule has 1 aliphatic rings. The third-order valence-corrected chi connectivity index (χ3v) is 8.23. The number of thiazole rings is 1. The molecule has 1 fully saturated rings. The van der Waals surface area contributed by atoms with Gasteiger partial charge in [0.05, 0.1) is 17.0 Å². The molecule has 3 aromatic rings. The van der Waals surface area contributed by atoms with Crippen LogP contribution in [0.3, 0.4) is 0 Å². The van der Waals surface area contributed by atoms with Gasteiger partial charge in [0.15, 0.2) is 9.84 Å². The number of nitrogens with zero attached hydrogens (tertiary/aromatic N) is 3. The summed E-state index contributed by atoms with van der Waals surface area (Å²) in [4.78, 5) is 7.88. The molecule has 2 aromatic carbocycles. The minimum atomic E-state index is -3.84. The Balaban J connectivity index is 1.49. The third kappa shape index (κ3) is 4.84. The largest absolute Gasteiger partial charge is 0.370 e. The number of likely N-dealkylation sites (N-methyl/N-ethyl adjacent to an activating group) is 1. The first-order valence-corrected chi connectivity index (χ1v) is 12.9. The molecule has 1 aliphatic heterocycles. The molecule has 0 unspecified atom stereocenters. The zero-order valence-electron chi connectivity index (χ0n) is 18.0. The van der Waals surface area contributed by atoms with Crippen LogP contribution >= 0.6 is 11.3 Å². The normalized spacial score (nSPS) is 17.1. The Hall–Kier alpha value is -2.36. The fourth-order valence-electron chi connectivity index (χ4n) is 4.18. The van der Waals surface area contributed by atoms with E-state index in [4.69, 9.17) is 0 Å². The lowest BCUT2D eigenvalue weighted by Crippen LogP contribution is -2.35. The number of hydrogen-bond donors (Lipinski definition) is 0. The number of likely N-dealkylation sites (tertiary alicyclic amines) is 1. The molecule has 9 heteroatoms. The van der Waals surface area contributed by atoms with Crippen molar-refractivity contribution in [2.75, 3.05) is 25.0 Å². The highest BCUT2D eigenvalue weighted by molar-refractivity contribution is 7.90. The summed E-state index contributed by atoms with van der Waals surface area (Å²) < 4.78 is 54.4. The Morgan fingerprint density at radius 2 is 2.00 bits per heavy atom. The van der Waals surface area contributed by atoms with Crippen LogP contribution in [-0.4, -0.2) is 44.5 Å². The average molecular weight is 478 g/mol. The predicted molar refractivity (Wildman–Crippen MR) is 123 cm³/mol. The molecule has 0 radical (unpaired) electrons. The number of aryl methyl sites for hydroxylation is 1. The Morgan fingerprint density at radius 1 is 1.22 bits per heavy atom. The molecule has 0 aliphatic carbocycles. The predicted octanol–water partition coefficient (Wildman–Crippen LogP) is 4.41. The van der Waals surface area contributed by atoms with Gasteiger partial charge in [-0.05, 0) is 37.1 Å². The molecule has 1 saturated heterocycles. The maximum atomic E-state index is 14.9. The summed E-state index contributed by atoms with van der Waals surface area (Å²) in [5, 5.41) is 1.65. The first kappa shape index (κ1) is 22.8. The zero-order chi connectivity index (χ0) is 22.9. The van der Waals surface area contributed by atoms with E-state index in [-0.39, 0.29) is 22.5 Å². The van der Waals surface area contributed by atoms with Crippen LogP contribution in [0.5, 0.6) is 0 Å². The monoisotopic (exact) mass is 477 g/mol. The van der Waals surface area contributed by atoms with Gasteiger partial charge in [-0.25, -0.2) is 22.2 Å². The van der Waals surface area contributed by atoms with Crippen molar-refractivity contribution >= 4 is 26.9 Å². The van der Waals surface area contributed by atoms with E-state index in [1.165, 1.54) is 29.5 Å². The van der Waals surface area contributed by atoms with Crippen LogP contribution in [0.4, 0.5) is 14.5 Å². The zero-order valence-corrected chi connectivity index (χ0v) is 19.6. The summed E-state index contributed by atoms with van der Waals surface area (Å²) in [5.74, 6) is -1.29. The number of rotatable bonds is 7. The summed E-state index contributed by atoms with van der Waals surface area (Å²) in [5.41, 5.74) is 3.98. The van der Waals surface area contributed by atoms with Crippen molar-refractivity contribution < 1.29 is 17.2 Å². The van der Waals surface area contributed by atoms with Crippen molar-refractivity contribution in [3.05, 3.63) is 75.7 Å². The highest BCUT2D eigenvalue weighted by atomic mass is 32.2. The fourth-order valence-corrected chi connectivity index (χ4v) is 6.26. The summed E-state index contributed by atoms with van der Waals surface area (Å²) in [6.45, 7) is 3.85. The van der Waals surface area contributed by atoms with Crippen LogP contribution < -0.4 is 4.90 Å². The minimum absolute atomic E-state index is 0.123. The molecule has 32 heavy (non-hydrogen) atoms.